The summed E-state index contributed by atoms with van der Waals surface area (Å²) in [6.07, 6.45) is 12.8. The molecule has 0 aliphatic heterocycles. The second-order valence-corrected chi connectivity index (χ2v) is 9.39. The Kier molecular flexibility index (Phi) is 6.55. The van der Waals surface area contributed by atoms with E-state index in [1.165, 1.54) is 46.3 Å². The zero-order valence-electron chi connectivity index (χ0n) is 20.6. The molecule has 0 bridgehead atoms. The molecule has 0 saturated heterocycles. The number of ether oxygens (including phenoxy) is 1. The van der Waals surface area contributed by atoms with Gasteiger partial charge in [0.1, 0.15) is 0 Å². The smallest absolute Gasteiger partial charge is 0.330 e. The summed E-state index contributed by atoms with van der Waals surface area (Å²) in [7, 11) is 5.49. The Morgan fingerprint density at radius 2 is 2.06 bits per heavy atom. The van der Waals surface area contributed by atoms with Gasteiger partial charge in [-0.05, 0) is 53.7 Å². The summed E-state index contributed by atoms with van der Waals surface area (Å²) >= 11 is 0. The lowest BCUT2D eigenvalue weighted by Gasteiger charge is -2.29. The molecule has 2 aromatic carbocycles. The first kappa shape index (κ1) is 23.1. The van der Waals surface area contributed by atoms with Crippen LogP contribution in [0.1, 0.15) is 40.3 Å². The number of hydrogen-bond donors (Lipinski definition) is 0. The number of hydrogen-bond acceptors (Lipinski definition) is 4. The number of methoxy groups -OCH3 is 1. The molecule has 180 valence electrons. The molecule has 0 saturated carbocycles. The number of carbonyl (C=O) groups is 1. The molecule has 6 nitrogen and oxygen atoms in total. The fourth-order valence-corrected chi connectivity index (χ4v) is 5.35. The van der Waals surface area contributed by atoms with Crippen molar-refractivity contribution in [3.8, 4) is 0 Å². The van der Waals surface area contributed by atoms with Crippen LogP contribution in [0.3, 0.4) is 0 Å². The highest BCUT2D eigenvalue weighted by atomic mass is 16.5. The van der Waals surface area contributed by atoms with Gasteiger partial charge in [-0.3, -0.25) is 9.58 Å². The van der Waals surface area contributed by atoms with Crippen LogP contribution < -0.4 is 0 Å². The molecule has 1 atom stereocenters. The van der Waals surface area contributed by atoms with Gasteiger partial charge in [-0.25, -0.2) is 4.79 Å². The number of fused-ring (bicyclic) bond motifs is 2. The van der Waals surface area contributed by atoms with Crippen molar-refractivity contribution in [3.63, 3.8) is 0 Å². The molecule has 6 heteroatoms. The van der Waals surface area contributed by atoms with Crippen molar-refractivity contribution in [2.75, 3.05) is 13.7 Å². The van der Waals surface area contributed by atoms with Crippen LogP contribution in [0.5, 0.6) is 0 Å². The number of aromatic nitrogens is 3. The summed E-state index contributed by atoms with van der Waals surface area (Å²) in [5, 5.41) is 5.74. The number of esters is 1. The van der Waals surface area contributed by atoms with Crippen molar-refractivity contribution < 1.29 is 9.53 Å². The van der Waals surface area contributed by atoms with Crippen molar-refractivity contribution in [1.82, 2.24) is 19.2 Å². The number of benzene rings is 2. The molecule has 0 amide bonds. The van der Waals surface area contributed by atoms with Gasteiger partial charge < -0.3 is 9.30 Å². The molecule has 0 radical (unpaired) electrons. The number of rotatable bonds is 8. The van der Waals surface area contributed by atoms with E-state index >= 15 is 0 Å². The number of carbonyl (C=O) groups excluding carboxylic acids is 1. The van der Waals surface area contributed by atoms with Gasteiger partial charge in [0.15, 0.2) is 0 Å². The predicted molar refractivity (Wildman–Crippen MR) is 139 cm³/mol. The molecule has 0 fully saturated rings. The molecule has 5 rings (SSSR count). The van der Waals surface area contributed by atoms with Gasteiger partial charge in [0.25, 0.3) is 0 Å². The molecule has 35 heavy (non-hydrogen) atoms. The van der Waals surface area contributed by atoms with Crippen molar-refractivity contribution >= 4 is 22.9 Å². The predicted octanol–water partition coefficient (Wildman–Crippen LogP) is 4.83. The highest BCUT2D eigenvalue weighted by molar-refractivity contribution is 5.87. The van der Waals surface area contributed by atoms with E-state index in [1.807, 2.05) is 24.0 Å². The van der Waals surface area contributed by atoms with E-state index in [2.05, 4.69) is 76.5 Å². The highest BCUT2D eigenvalue weighted by Crippen LogP contribution is 2.37. The summed E-state index contributed by atoms with van der Waals surface area (Å²) in [4.78, 5) is 14.1. The Morgan fingerprint density at radius 1 is 1.20 bits per heavy atom. The average Bonchev–Trinajstić information content (AvgIpc) is 3.57. The maximum atomic E-state index is 11.5. The molecule has 1 aliphatic rings. The Bertz CT molecular complexity index is 1380. The molecule has 2 aromatic heterocycles. The summed E-state index contributed by atoms with van der Waals surface area (Å²) < 4.78 is 8.82. The van der Waals surface area contributed by atoms with Crippen molar-refractivity contribution in [1.29, 1.82) is 0 Å². The first-order valence-electron chi connectivity index (χ1n) is 12.1. The minimum Gasteiger partial charge on any atom is -0.466 e. The van der Waals surface area contributed by atoms with Gasteiger partial charge in [0.05, 0.1) is 13.3 Å². The van der Waals surface area contributed by atoms with Crippen LogP contribution >= 0.6 is 0 Å². The van der Waals surface area contributed by atoms with E-state index in [0.717, 1.165) is 37.9 Å². The Hall–Kier alpha value is -3.64. The van der Waals surface area contributed by atoms with Crippen LogP contribution in [-0.4, -0.2) is 38.9 Å². The maximum Gasteiger partial charge on any atom is 0.330 e. The molecule has 1 unspecified atom stereocenters. The van der Waals surface area contributed by atoms with Crippen molar-refractivity contribution in [3.05, 3.63) is 94.9 Å². The molecular formula is C29H32N4O2. The van der Waals surface area contributed by atoms with Crippen LogP contribution in [0, 0.1) is 0 Å². The zero-order chi connectivity index (χ0) is 24.4. The number of nitrogens with zero attached hydrogens (tertiary/aromatic N) is 4. The largest absolute Gasteiger partial charge is 0.466 e. The van der Waals surface area contributed by atoms with E-state index in [0.29, 0.717) is 6.04 Å². The van der Waals surface area contributed by atoms with Crippen LogP contribution in [0.2, 0.25) is 0 Å². The average molecular weight is 469 g/mol. The molecule has 0 N–H and O–H groups in total. The third-order valence-electron chi connectivity index (χ3n) is 7.06. The van der Waals surface area contributed by atoms with Crippen LogP contribution in [-0.2, 0) is 43.0 Å². The van der Waals surface area contributed by atoms with Gasteiger partial charge in [-0.15, -0.1) is 0 Å². The first-order chi connectivity index (χ1) is 17.0. The summed E-state index contributed by atoms with van der Waals surface area (Å²) in [6.45, 7) is 1.84. The Morgan fingerprint density at radius 3 is 2.86 bits per heavy atom. The SMILES string of the molecule is COC(=O)C=Cc1ccc2c(c1)CCC2N(CCc1cn(C)c2ccccc12)Cc1cnn(C)c1. The minimum absolute atomic E-state index is 0.334. The van der Waals surface area contributed by atoms with Gasteiger partial charge >= 0.3 is 5.97 Å². The minimum atomic E-state index is -0.334. The second kappa shape index (κ2) is 9.92. The van der Waals surface area contributed by atoms with Gasteiger partial charge in [-0.2, -0.15) is 5.10 Å². The van der Waals surface area contributed by atoms with E-state index in [1.54, 1.807) is 0 Å². The third-order valence-corrected chi connectivity index (χ3v) is 7.06. The van der Waals surface area contributed by atoms with Crippen LogP contribution in [0.15, 0.2) is 67.1 Å². The van der Waals surface area contributed by atoms with Crippen LogP contribution in [0.4, 0.5) is 0 Å². The highest BCUT2D eigenvalue weighted by Gasteiger charge is 2.28. The van der Waals surface area contributed by atoms with Crippen LogP contribution in [0.25, 0.3) is 17.0 Å². The third kappa shape index (κ3) is 4.93. The molecule has 1 aliphatic carbocycles. The standard InChI is InChI=1S/C29H32N4O2/c1-31-20-24(25-6-4-5-7-27(25)31)14-15-33(19-22-17-30-32(2)18-22)28-12-10-23-16-21(8-11-26(23)28)9-13-29(34)35-3/h4-9,11,13,16-18,20,28H,10,12,14-15,19H2,1-3H3. The number of para-hydroxylation sites is 1. The van der Waals surface area contributed by atoms with Gasteiger partial charge in [-0.1, -0.05) is 36.4 Å². The van der Waals surface area contributed by atoms with E-state index in [-0.39, 0.29) is 5.97 Å². The fourth-order valence-electron chi connectivity index (χ4n) is 5.35. The molecule has 0 spiro atoms. The van der Waals surface area contributed by atoms with E-state index in [9.17, 15) is 4.79 Å². The van der Waals surface area contributed by atoms with E-state index < -0.39 is 0 Å². The summed E-state index contributed by atoms with van der Waals surface area (Å²) in [5.74, 6) is -0.334. The first-order valence-corrected chi connectivity index (χ1v) is 12.1. The zero-order valence-corrected chi connectivity index (χ0v) is 20.6. The maximum absolute atomic E-state index is 11.5. The molecular weight excluding hydrogens is 436 g/mol. The lowest BCUT2D eigenvalue weighted by Crippen LogP contribution is -2.29. The molecule has 4 aromatic rings. The summed E-state index contributed by atoms with van der Waals surface area (Å²) in [5.41, 5.74) is 7.69. The summed E-state index contributed by atoms with van der Waals surface area (Å²) in [6, 6.07) is 15.5. The second-order valence-electron chi connectivity index (χ2n) is 9.39. The van der Waals surface area contributed by atoms with Crippen molar-refractivity contribution in [2.24, 2.45) is 14.1 Å². The lowest BCUT2D eigenvalue weighted by molar-refractivity contribution is -0.134. The molecule has 2 heterocycles. The van der Waals surface area contributed by atoms with Crippen molar-refractivity contribution in [2.45, 2.75) is 31.8 Å². The normalized spacial score (nSPS) is 15.4. The quantitative estimate of drug-likeness (QED) is 0.275. The monoisotopic (exact) mass is 468 g/mol. The van der Waals surface area contributed by atoms with Gasteiger partial charge in [0.2, 0.25) is 0 Å². The number of aryl methyl sites for hydroxylation is 3. The fraction of sp³-hybridized carbons (Fsp3) is 0.310. The lowest BCUT2D eigenvalue weighted by atomic mass is 10.0. The Balaban J connectivity index is 1.40. The van der Waals surface area contributed by atoms with E-state index in [4.69, 9.17) is 4.74 Å². The Labute approximate surface area is 206 Å². The topological polar surface area (TPSA) is 52.3 Å². The van der Waals surface area contributed by atoms with Gasteiger partial charge in [0, 0.05) is 68.2 Å².